The lowest BCUT2D eigenvalue weighted by Crippen LogP contribution is -2.14. The van der Waals surface area contributed by atoms with Crippen LogP contribution >= 0.6 is 0 Å². The molecule has 9 aromatic carbocycles. The maximum atomic E-state index is 6.59. The molecule has 0 bridgehead atoms. The summed E-state index contributed by atoms with van der Waals surface area (Å²) in [6.45, 7) is 4.71. The van der Waals surface area contributed by atoms with Crippen molar-refractivity contribution >= 4 is 75.8 Å². The third-order valence-corrected chi connectivity index (χ3v) is 11.2. The molecule has 0 fully saturated rings. The van der Waals surface area contributed by atoms with Crippen LogP contribution in [0.15, 0.2) is 150 Å². The highest BCUT2D eigenvalue weighted by atomic mass is 16.3. The van der Waals surface area contributed by atoms with Crippen LogP contribution in [-0.4, -0.2) is 0 Å². The van der Waals surface area contributed by atoms with Gasteiger partial charge in [0.05, 0.1) is 0 Å². The summed E-state index contributed by atoms with van der Waals surface area (Å²) in [5.41, 5.74) is 9.90. The summed E-state index contributed by atoms with van der Waals surface area (Å²) in [6.07, 6.45) is 0. The molecule has 1 nitrogen and oxygen atoms in total. The molecule has 224 valence electrons. The quantitative estimate of drug-likeness (QED) is 0.169. The van der Waals surface area contributed by atoms with Gasteiger partial charge in [0.2, 0.25) is 0 Å². The molecule has 0 N–H and O–H groups in total. The molecule has 0 amide bonds. The Morgan fingerprint density at radius 2 is 1.06 bits per heavy atom. The fourth-order valence-corrected chi connectivity index (χ4v) is 8.98. The smallest absolute Gasteiger partial charge is 0.136 e. The number of furan rings is 1. The minimum Gasteiger partial charge on any atom is -0.456 e. The van der Waals surface area contributed by atoms with E-state index < -0.39 is 0 Å². The van der Waals surface area contributed by atoms with Crippen LogP contribution in [0.1, 0.15) is 25.0 Å². The molecule has 0 saturated heterocycles. The Kier molecular flexibility index (Phi) is 4.97. The molecule has 0 radical (unpaired) electrons. The standard InChI is InChI=1S/C47H30O/c1-47(2)40-17-8-7-14-38(40)44-35-16-9-15-30(34(35)20-22-41(44)47)28-19-18-27-26-43-39(25-29(27)24-28)46-42(48-43)23-21-37-33-12-4-3-10-31(33)32-11-5-6-13-36(32)45(37)46/h3-26H,1-2H3. The SMILES string of the molecule is CC1(C)c2ccccc2-c2c1ccc1c(-c3ccc4cc5oc6ccc7c8ccccc8c8ccccc8c7c6c5cc4c3)cccc21. The summed E-state index contributed by atoms with van der Waals surface area (Å²) in [4.78, 5) is 0. The summed E-state index contributed by atoms with van der Waals surface area (Å²) >= 11 is 0. The van der Waals surface area contributed by atoms with Crippen LogP contribution in [-0.2, 0) is 5.41 Å². The van der Waals surface area contributed by atoms with Gasteiger partial charge in [-0.3, -0.25) is 0 Å². The highest BCUT2D eigenvalue weighted by Gasteiger charge is 2.36. The molecule has 1 aromatic heterocycles. The first kappa shape index (κ1) is 26.2. The van der Waals surface area contributed by atoms with Crippen LogP contribution in [0.4, 0.5) is 0 Å². The Labute approximate surface area is 277 Å². The van der Waals surface area contributed by atoms with E-state index in [1.807, 2.05) is 0 Å². The maximum Gasteiger partial charge on any atom is 0.136 e. The predicted octanol–water partition coefficient (Wildman–Crippen LogP) is 13.3. The van der Waals surface area contributed by atoms with Crippen LogP contribution in [0.2, 0.25) is 0 Å². The average molecular weight is 611 g/mol. The lowest BCUT2D eigenvalue weighted by molar-refractivity contribution is 0.661. The number of rotatable bonds is 1. The molecular formula is C47H30O. The zero-order valence-corrected chi connectivity index (χ0v) is 26.8. The fourth-order valence-electron chi connectivity index (χ4n) is 8.98. The molecule has 0 atom stereocenters. The van der Waals surface area contributed by atoms with Gasteiger partial charge in [0, 0.05) is 21.6 Å². The molecule has 0 saturated carbocycles. The molecule has 48 heavy (non-hydrogen) atoms. The minimum atomic E-state index is -0.0143. The van der Waals surface area contributed by atoms with E-state index >= 15 is 0 Å². The van der Waals surface area contributed by atoms with Crippen molar-refractivity contribution in [2.75, 3.05) is 0 Å². The Balaban J connectivity index is 1.18. The van der Waals surface area contributed by atoms with Gasteiger partial charge < -0.3 is 4.42 Å². The number of hydrogen-bond donors (Lipinski definition) is 0. The van der Waals surface area contributed by atoms with E-state index in [1.54, 1.807) is 0 Å². The summed E-state index contributed by atoms with van der Waals surface area (Å²) in [7, 11) is 0. The van der Waals surface area contributed by atoms with E-state index in [1.165, 1.54) is 92.6 Å². The van der Waals surface area contributed by atoms with E-state index in [4.69, 9.17) is 4.42 Å². The van der Waals surface area contributed by atoms with Gasteiger partial charge in [-0.25, -0.2) is 0 Å². The van der Waals surface area contributed by atoms with E-state index in [0.717, 1.165) is 16.6 Å². The lowest BCUT2D eigenvalue weighted by atomic mass is 9.82. The molecular weight excluding hydrogens is 581 g/mol. The zero-order chi connectivity index (χ0) is 31.7. The lowest BCUT2D eigenvalue weighted by Gasteiger charge is -2.21. The van der Waals surface area contributed by atoms with E-state index in [2.05, 4.69) is 159 Å². The molecule has 1 aliphatic rings. The van der Waals surface area contributed by atoms with Gasteiger partial charge in [0.1, 0.15) is 11.2 Å². The van der Waals surface area contributed by atoms with Crippen LogP contribution in [0.3, 0.4) is 0 Å². The van der Waals surface area contributed by atoms with Crippen molar-refractivity contribution in [3.8, 4) is 22.3 Å². The minimum absolute atomic E-state index is 0.0143. The first-order valence-electron chi connectivity index (χ1n) is 16.8. The third kappa shape index (κ3) is 3.31. The summed E-state index contributed by atoms with van der Waals surface area (Å²) in [6, 6.07) is 53.9. The van der Waals surface area contributed by atoms with Gasteiger partial charge in [0.25, 0.3) is 0 Å². The zero-order valence-electron chi connectivity index (χ0n) is 26.8. The molecule has 1 aliphatic carbocycles. The number of benzene rings is 9. The second kappa shape index (κ2) is 9.12. The summed E-state index contributed by atoms with van der Waals surface area (Å²) in [5, 5.41) is 15.0. The van der Waals surface area contributed by atoms with Crippen molar-refractivity contribution in [2.45, 2.75) is 19.3 Å². The normalized spacial score (nSPS) is 13.8. The maximum absolute atomic E-state index is 6.59. The first-order chi connectivity index (χ1) is 23.6. The van der Waals surface area contributed by atoms with Gasteiger partial charge in [-0.05, 0) is 112 Å². The molecule has 1 heteroatoms. The van der Waals surface area contributed by atoms with Gasteiger partial charge in [-0.1, -0.05) is 129 Å². The average Bonchev–Trinajstić information content (AvgIpc) is 3.61. The van der Waals surface area contributed by atoms with Gasteiger partial charge in [0.15, 0.2) is 0 Å². The van der Waals surface area contributed by atoms with Crippen LogP contribution < -0.4 is 0 Å². The monoisotopic (exact) mass is 610 g/mol. The molecule has 1 heterocycles. The third-order valence-electron chi connectivity index (χ3n) is 11.2. The van der Waals surface area contributed by atoms with Gasteiger partial charge in [-0.2, -0.15) is 0 Å². The van der Waals surface area contributed by atoms with Crippen LogP contribution in [0, 0.1) is 0 Å². The van der Waals surface area contributed by atoms with E-state index in [-0.39, 0.29) is 5.41 Å². The Morgan fingerprint density at radius 1 is 0.396 bits per heavy atom. The molecule has 0 spiro atoms. The Morgan fingerprint density at radius 3 is 1.90 bits per heavy atom. The number of hydrogen-bond acceptors (Lipinski definition) is 1. The van der Waals surface area contributed by atoms with Crippen molar-refractivity contribution in [2.24, 2.45) is 0 Å². The summed E-state index contributed by atoms with van der Waals surface area (Å²) < 4.78 is 6.59. The predicted molar refractivity (Wildman–Crippen MR) is 204 cm³/mol. The molecule has 11 rings (SSSR count). The highest BCUT2D eigenvalue weighted by Crippen LogP contribution is 2.52. The van der Waals surface area contributed by atoms with E-state index in [0.29, 0.717) is 0 Å². The second-order valence-electron chi connectivity index (χ2n) is 14.0. The van der Waals surface area contributed by atoms with Crippen molar-refractivity contribution in [3.63, 3.8) is 0 Å². The Bertz CT molecular complexity index is 2990. The van der Waals surface area contributed by atoms with Crippen molar-refractivity contribution in [1.29, 1.82) is 0 Å². The van der Waals surface area contributed by atoms with Crippen LogP contribution in [0.5, 0.6) is 0 Å². The summed E-state index contributed by atoms with van der Waals surface area (Å²) in [5.74, 6) is 0. The topological polar surface area (TPSA) is 13.1 Å². The van der Waals surface area contributed by atoms with E-state index in [9.17, 15) is 0 Å². The van der Waals surface area contributed by atoms with Gasteiger partial charge >= 0.3 is 0 Å². The van der Waals surface area contributed by atoms with Crippen molar-refractivity contribution < 1.29 is 4.42 Å². The molecule has 0 unspecified atom stereocenters. The first-order valence-corrected chi connectivity index (χ1v) is 16.8. The van der Waals surface area contributed by atoms with Crippen molar-refractivity contribution in [3.05, 3.63) is 157 Å². The van der Waals surface area contributed by atoms with Crippen molar-refractivity contribution in [1.82, 2.24) is 0 Å². The van der Waals surface area contributed by atoms with Crippen LogP contribution in [0.25, 0.3) is 98.1 Å². The second-order valence-corrected chi connectivity index (χ2v) is 14.0. The highest BCUT2D eigenvalue weighted by molar-refractivity contribution is 6.35. The Hall–Kier alpha value is -5.92. The molecule has 10 aromatic rings. The fraction of sp³-hybridized carbons (Fsp3) is 0.0638. The number of fused-ring (bicyclic) bond motifs is 16. The largest absolute Gasteiger partial charge is 0.456 e. The van der Waals surface area contributed by atoms with Gasteiger partial charge in [-0.15, -0.1) is 0 Å². The molecule has 0 aliphatic heterocycles.